The molecular formula is C23H24N4O3. The molecule has 0 radical (unpaired) electrons. The summed E-state index contributed by atoms with van der Waals surface area (Å²) in [6, 6.07) is 12.1. The minimum atomic E-state index is -0.143. The Hall–Kier alpha value is -3.19. The molecule has 0 bridgehead atoms. The molecular weight excluding hydrogens is 380 g/mol. The highest BCUT2D eigenvalue weighted by molar-refractivity contribution is 5.93. The molecule has 1 unspecified atom stereocenters. The number of carbonyl (C=O) groups excluding carboxylic acids is 1. The van der Waals surface area contributed by atoms with Gasteiger partial charge in [-0.3, -0.25) is 4.79 Å². The zero-order valence-electron chi connectivity index (χ0n) is 16.7. The van der Waals surface area contributed by atoms with Gasteiger partial charge in [-0.1, -0.05) is 12.1 Å². The van der Waals surface area contributed by atoms with Crippen molar-refractivity contribution in [3.8, 4) is 11.4 Å². The monoisotopic (exact) mass is 404 g/mol. The van der Waals surface area contributed by atoms with E-state index in [9.17, 15) is 4.79 Å². The molecule has 7 nitrogen and oxygen atoms in total. The van der Waals surface area contributed by atoms with Crippen LogP contribution in [0.25, 0.3) is 5.69 Å². The molecule has 4 heterocycles. The van der Waals surface area contributed by atoms with Crippen LogP contribution in [0.15, 0.2) is 48.8 Å². The van der Waals surface area contributed by atoms with Crippen molar-refractivity contribution in [3.63, 3.8) is 0 Å². The highest BCUT2D eigenvalue weighted by Crippen LogP contribution is 2.31. The number of ether oxygens (including phenoxy) is 2. The van der Waals surface area contributed by atoms with Gasteiger partial charge in [0.25, 0.3) is 5.91 Å². The molecule has 5 rings (SSSR count). The largest absolute Gasteiger partial charge is 0.491 e. The average Bonchev–Trinajstić information content (AvgIpc) is 3.47. The van der Waals surface area contributed by atoms with Crippen LogP contribution in [0, 0.1) is 0 Å². The van der Waals surface area contributed by atoms with Crippen molar-refractivity contribution in [2.24, 2.45) is 0 Å². The number of hydrogen-bond acceptors (Lipinski definition) is 5. The first kappa shape index (κ1) is 18.8. The summed E-state index contributed by atoms with van der Waals surface area (Å²) in [5, 5.41) is 7.32. The lowest BCUT2D eigenvalue weighted by atomic mass is 10.0. The Labute approximate surface area is 175 Å². The Morgan fingerprint density at radius 3 is 2.90 bits per heavy atom. The topological polar surface area (TPSA) is 78.3 Å². The first-order valence-electron chi connectivity index (χ1n) is 10.4. The lowest BCUT2D eigenvalue weighted by Gasteiger charge is -2.23. The molecule has 1 aromatic carbocycles. The SMILES string of the molecule is O=C(NC1CCCOC1)c1cc(Cc2ccc(-n3cccn3)cc2)c2c(n1)CCO2. The van der Waals surface area contributed by atoms with Gasteiger partial charge in [0.15, 0.2) is 0 Å². The zero-order chi connectivity index (χ0) is 20.3. The molecule has 30 heavy (non-hydrogen) atoms. The third-order valence-electron chi connectivity index (χ3n) is 5.53. The highest BCUT2D eigenvalue weighted by Gasteiger charge is 2.24. The van der Waals surface area contributed by atoms with Crippen molar-refractivity contribution in [3.05, 3.63) is 71.3 Å². The van der Waals surface area contributed by atoms with E-state index in [-0.39, 0.29) is 11.9 Å². The van der Waals surface area contributed by atoms with E-state index in [1.807, 2.05) is 35.1 Å². The summed E-state index contributed by atoms with van der Waals surface area (Å²) in [4.78, 5) is 17.4. The van der Waals surface area contributed by atoms with Crippen molar-refractivity contribution >= 4 is 5.91 Å². The molecule has 1 fully saturated rings. The fourth-order valence-electron chi connectivity index (χ4n) is 4.01. The number of hydrogen-bond donors (Lipinski definition) is 1. The van der Waals surface area contributed by atoms with Crippen LogP contribution in [0.3, 0.4) is 0 Å². The standard InChI is InChI=1S/C23H24N4O3/c28-23(25-18-3-1-11-29-15-18)21-14-17(22-20(26-21)8-12-30-22)13-16-4-6-19(7-5-16)27-10-2-9-24-27/h2,4-7,9-10,14,18H,1,3,8,11-13,15H2,(H,25,28). The van der Waals surface area contributed by atoms with E-state index in [0.29, 0.717) is 25.3 Å². The van der Waals surface area contributed by atoms with Crippen LogP contribution in [0.1, 0.15) is 40.2 Å². The Kier molecular flexibility index (Phi) is 5.19. The second-order valence-electron chi connectivity index (χ2n) is 7.72. The summed E-state index contributed by atoms with van der Waals surface area (Å²) in [6.07, 6.45) is 7.00. The first-order chi connectivity index (χ1) is 14.8. The van der Waals surface area contributed by atoms with Crippen molar-refractivity contribution in [1.82, 2.24) is 20.1 Å². The minimum absolute atomic E-state index is 0.0517. The van der Waals surface area contributed by atoms with E-state index in [2.05, 4.69) is 27.5 Å². The number of nitrogens with zero attached hydrogens (tertiary/aromatic N) is 3. The molecule has 0 spiro atoms. The molecule has 154 valence electrons. The molecule has 1 saturated heterocycles. The van der Waals surface area contributed by atoms with Crippen molar-refractivity contribution < 1.29 is 14.3 Å². The van der Waals surface area contributed by atoms with Crippen LogP contribution in [0.4, 0.5) is 0 Å². The normalized spacial score (nSPS) is 17.9. The molecule has 0 saturated carbocycles. The molecule has 1 atom stereocenters. The van der Waals surface area contributed by atoms with Gasteiger partial charge in [-0.25, -0.2) is 9.67 Å². The molecule has 2 aliphatic rings. The fraction of sp³-hybridized carbons (Fsp3) is 0.348. The molecule has 2 aromatic heterocycles. The molecule has 3 aromatic rings. The molecule has 0 aliphatic carbocycles. The van der Waals surface area contributed by atoms with E-state index < -0.39 is 0 Å². The Bertz CT molecular complexity index is 1030. The van der Waals surface area contributed by atoms with E-state index in [1.54, 1.807) is 6.20 Å². The smallest absolute Gasteiger partial charge is 0.270 e. The van der Waals surface area contributed by atoms with Crippen LogP contribution in [0.5, 0.6) is 5.75 Å². The van der Waals surface area contributed by atoms with Gasteiger partial charge in [0, 0.05) is 37.4 Å². The van der Waals surface area contributed by atoms with Crippen molar-refractivity contribution in [1.29, 1.82) is 0 Å². The van der Waals surface area contributed by atoms with E-state index in [0.717, 1.165) is 54.1 Å². The van der Waals surface area contributed by atoms with Gasteiger partial charge < -0.3 is 14.8 Å². The third kappa shape index (κ3) is 3.93. The van der Waals surface area contributed by atoms with Crippen LogP contribution >= 0.6 is 0 Å². The van der Waals surface area contributed by atoms with Gasteiger partial charge in [-0.05, 0) is 42.7 Å². The van der Waals surface area contributed by atoms with Gasteiger partial charge in [0.2, 0.25) is 0 Å². The molecule has 1 N–H and O–H groups in total. The van der Waals surface area contributed by atoms with Crippen LogP contribution in [-0.4, -0.2) is 46.5 Å². The predicted octanol–water partition coefficient (Wildman–Crippen LogP) is 2.70. The van der Waals surface area contributed by atoms with E-state index in [1.165, 1.54) is 0 Å². The molecule has 2 aliphatic heterocycles. The predicted molar refractivity (Wildman–Crippen MR) is 111 cm³/mol. The number of nitrogens with one attached hydrogen (secondary N) is 1. The number of pyridine rings is 1. The lowest BCUT2D eigenvalue weighted by Crippen LogP contribution is -2.41. The number of aromatic nitrogens is 3. The third-order valence-corrected chi connectivity index (χ3v) is 5.53. The summed E-state index contributed by atoms with van der Waals surface area (Å²) >= 11 is 0. The molecule has 1 amide bonds. The van der Waals surface area contributed by atoms with Crippen LogP contribution in [-0.2, 0) is 17.6 Å². The van der Waals surface area contributed by atoms with Gasteiger partial charge in [0.1, 0.15) is 11.4 Å². The summed E-state index contributed by atoms with van der Waals surface area (Å²) in [5.74, 6) is 0.680. The van der Waals surface area contributed by atoms with Gasteiger partial charge >= 0.3 is 0 Å². The quantitative estimate of drug-likeness (QED) is 0.707. The first-order valence-corrected chi connectivity index (χ1v) is 10.4. The number of carbonyl (C=O) groups is 1. The summed E-state index contributed by atoms with van der Waals surface area (Å²) < 4.78 is 13.1. The van der Waals surface area contributed by atoms with Crippen molar-refractivity contribution in [2.75, 3.05) is 19.8 Å². The highest BCUT2D eigenvalue weighted by atomic mass is 16.5. The van der Waals surface area contributed by atoms with Crippen LogP contribution in [0.2, 0.25) is 0 Å². The summed E-state index contributed by atoms with van der Waals surface area (Å²) in [7, 11) is 0. The summed E-state index contributed by atoms with van der Waals surface area (Å²) in [5.41, 5.74) is 4.46. The van der Waals surface area contributed by atoms with E-state index >= 15 is 0 Å². The lowest BCUT2D eigenvalue weighted by molar-refractivity contribution is 0.0622. The number of rotatable bonds is 5. The Balaban J connectivity index is 1.37. The number of amides is 1. The minimum Gasteiger partial charge on any atom is -0.491 e. The maximum Gasteiger partial charge on any atom is 0.270 e. The van der Waals surface area contributed by atoms with E-state index in [4.69, 9.17) is 9.47 Å². The fourth-order valence-corrected chi connectivity index (χ4v) is 4.01. The van der Waals surface area contributed by atoms with Crippen LogP contribution < -0.4 is 10.1 Å². The van der Waals surface area contributed by atoms with Gasteiger partial charge in [-0.2, -0.15) is 5.10 Å². The second-order valence-corrected chi connectivity index (χ2v) is 7.72. The Morgan fingerprint density at radius 2 is 2.13 bits per heavy atom. The zero-order valence-corrected chi connectivity index (χ0v) is 16.7. The summed E-state index contributed by atoms with van der Waals surface area (Å²) in [6.45, 7) is 1.94. The maximum atomic E-state index is 12.8. The average molecular weight is 404 g/mol. The van der Waals surface area contributed by atoms with Crippen molar-refractivity contribution in [2.45, 2.75) is 31.7 Å². The van der Waals surface area contributed by atoms with Gasteiger partial charge in [-0.15, -0.1) is 0 Å². The second kappa shape index (κ2) is 8.28. The molecule has 7 heteroatoms. The number of fused-ring (bicyclic) bond motifs is 1. The Morgan fingerprint density at radius 1 is 1.23 bits per heavy atom. The number of benzene rings is 1. The van der Waals surface area contributed by atoms with Gasteiger partial charge in [0.05, 0.1) is 30.6 Å². The maximum absolute atomic E-state index is 12.8.